The average Bonchev–Trinajstić information content (AvgIpc) is 2.84. The van der Waals surface area contributed by atoms with E-state index in [0.717, 1.165) is 11.6 Å². The van der Waals surface area contributed by atoms with Crippen molar-refractivity contribution in [3.8, 4) is 0 Å². The van der Waals surface area contributed by atoms with E-state index in [1.807, 2.05) is 11.4 Å². The molecule has 0 aromatic carbocycles. The lowest BCUT2D eigenvalue weighted by atomic mass is 10.1. The third-order valence-corrected chi connectivity index (χ3v) is 4.70. The van der Waals surface area contributed by atoms with Gasteiger partial charge in [-0.2, -0.15) is 0 Å². The summed E-state index contributed by atoms with van der Waals surface area (Å²) in [5, 5.41) is 8.60. The van der Waals surface area contributed by atoms with Crippen molar-refractivity contribution in [3.63, 3.8) is 0 Å². The SMILES string of the molecule is CCNC(c1csc(C)c1)c1sccc1Cl. The third kappa shape index (κ3) is 2.48. The van der Waals surface area contributed by atoms with Crippen LogP contribution in [0, 0.1) is 6.92 Å². The van der Waals surface area contributed by atoms with Gasteiger partial charge in [-0.25, -0.2) is 0 Å². The summed E-state index contributed by atoms with van der Waals surface area (Å²) in [6, 6.07) is 4.43. The van der Waals surface area contributed by atoms with Crippen molar-refractivity contribution >= 4 is 34.3 Å². The van der Waals surface area contributed by atoms with Crippen molar-refractivity contribution < 1.29 is 0 Å². The van der Waals surface area contributed by atoms with Gasteiger partial charge in [0.25, 0.3) is 0 Å². The highest BCUT2D eigenvalue weighted by molar-refractivity contribution is 7.11. The molecule has 0 bridgehead atoms. The minimum atomic E-state index is 0.238. The Kier molecular flexibility index (Phi) is 4.03. The van der Waals surface area contributed by atoms with Crippen molar-refractivity contribution in [3.05, 3.63) is 43.2 Å². The number of aryl methyl sites for hydroxylation is 1. The lowest BCUT2D eigenvalue weighted by Crippen LogP contribution is -2.20. The van der Waals surface area contributed by atoms with Crippen LogP contribution in [0.1, 0.15) is 28.3 Å². The summed E-state index contributed by atoms with van der Waals surface area (Å²) in [6.45, 7) is 5.19. The summed E-state index contributed by atoms with van der Waals surface area (Å²) in [5.41, 5.74) is 1.31. The quantitative estimate of drug-likeness (QED) is 0.865. The third-order valence-electron chi connectivity index (χ3n) is 2.40. The molecule has 1 N–H and O–H groups in total. The van der Waals surface area contributed by atoms with Gasteiger partial charge in [-0.15, -0.1) is 22.7 Å². The predicted molar refractivity (Wildman–Crippen MR) is 73.9 cm³/mol. The van der Waals surface area contributed by atoms with E-state index >= 15 is 0 Å². The van der Waals surface area contributed by atoms with Crippen LogP contribution in [0.3, 0.4) is 0 Å². The first-order valence-corrected chi connectivity index (χ1v) is 7.37. The van der Waals surface area contributed by atoms with Gasteiger partial charge in [0.05, 0.1) is 11.1 Å². The Morgan fingerprint density at radius 2 is 2.25 bits per heavy atom. The molecule has 0 saturated carbocycles. The zero-order valence-electron chi connectivity index (χ0n) is 9.29. The number of thiophene rings is 2. The van der Waals surface area contributed by atoms with Crippen LogP contribution in [0.25, 0.3) is 0 Å². The van der Waals surface area contributed by atoms with Gasteiger partial charge < -0.3 is 5.32 Å². The first-order chi connectivity index (χ1) is 7.72. The van der Waals surface area contributed by atoms with E-state index in [0.29, 0.717) is 0 Å². The van der Waals surface area contributed by atoms with E-state index in [2.05, 4.69) is 30.6 Å². The van der Waals surface area contributed by atoms with Crippen LogP contribution < -0.4 is 5.32 Å². The molecule has 0 spiro atoms. The molecule has 1 atom stereocenters. The van der Waals surface area contributed by atoms with Gasteiger partial charge in [-0.3, -0.25) is 0 Å². The number of nitrogens with one attached hydrogen (secondary N) is 1. The Morgan fingerprint density at radius 3 is 2.75 bits per heavy atom. The average molecular weight is 272 g/mol. The Hall–Kier alpha value is -0.350. The Morgan fingerprint density at radius 1 is 1.44 bits per heavy atom. The summed E-state index contributed by atoms with van der Waals surface area (Å²) in [7, 11) is 0. The molecule has 2 aromatic rings. The minimum Gasteiger partial charge on any atom is -0.306 e. The minimum absolute atomic E-state index is 0.238. The van der Waals surface area contributed by atoms with Crippen molar-refractivity contribution in [2.75, 3.05) is 6.54 Å². The lowest BCUT2D eigenvalue weighted by Gasteiger charge is -2.15. The maximum Gasteiger partial charge on any atom is 0.0694 e. The van der Waals surface area contributed by atoms with Gasteiger partial charge in [0.15, 0.2) is 0 Å². The fraction of sp³-hybridized carbons (Fsp3) is 0.333. The van der Waals surface area contributed by atoms with Crippen LogP contribution in [0.5, 0.6) is 0 Å². The van der Waals surface area contributed by atoms with Crippen LogP contribution in [0.2, 0.25) is 5.02 Å². The fourth-order valence-electron chi connectivity index (χ4n) is 1.69. The lowest BCUT2D eigenvalue weighted by molar-refractivity contribution is 0.641. The summed E-state index contributed by atoms with van der Waals surface area (Å²) in [4.78, 5) is 2.55. The van der Waals surface area contributed by atoms with Gasteiger partial charge in [0.1, 0.15) is 0 Å². The van der Waals surface area contributed by atoms with E-state index in [1.165, 1.54) is 15.3 Å². The fourth-order valence-corrected chi connectivity index (χ4v) is 3.69. The molecule has 16 heavy (non-hydrogen) atoms. The van der Waals surface area contributed by atoms with E-state index in [1.54, 1.807) is 22.7 Å². The van der Waals surface area contributed by atoms with E-state index in [4.69, 9.17) is 11.6 Å². The molecule has 0 amide bonds. The molecule has 4 heteroatoms. The highest BCUT2D eigenvalue weighted by atomic mass is 35.5. The molecular formula is C12H14ClNS2. The van der Waals surface area contributed by atoms with Crippen LogP contribution in [-0.2, 0) is 0 Å². The van der Waals surface area contributed by atoms with Crippen LogP contribution in [0.15, 0.2) is 22.9 Å². The first kappa shape index (κ1) is 12.1. The Bertz CT molecular complexity index is 461. The van der Waals surface area contributed by atoms with Crippen LogP contribution in [-0.4, -0.2) is 6.54 Å². The smallest absolute Gasteiger partial charge is 0.0694 e. The Labute approximate surface area is 109 Å². The standard InChI is InChI=1S/C12H14ClNS2/c1-3-14-11(9-6-8(2)16-7-9)12-10(13)4-5-15-12/h4-7,11,14H,3H2,1-2H3. The molecule has 0 radical (unpaired) electrons. The Balaban J connectivity index is 2.34. The molecule has 0 fully saturated rings. The molecule has 2 aromatic heterocycles. The maximum atomic E-state index is 6.20. The van der Waals surface area contributed by atoms with Gasteiger partial charge in [0.2, 0.25) is 0 Å². The summed E-state index contributed by atoms with van der Waals surface area (Å²) >= 11 is 9.70. The van der Waals surface area contributed by atoms with E-state index in [9.17, 15) is 0 Å². The topological polar surface area (TPSA) is 12.0 Å². The van der Waals surface area contributed by atoms with Crippen LogP contribution >= 0.6 is 34.3 Å². The first-order valence-electron chi connectivity index (χ1n) is 5.23. The molecule has 0 aliphatic carbocycles. The zero-order chi connectivity index (χ0) is 11.5. The van der Waals surface area contributed by atoms with Crippen molar-refractivity contribution in [2.24, 2.45) is 0 Å². The van der Waals surface area contributed by atoms with E-state index in [-0.39, 0.29) is 6.04 Å². The van der Waals surface area contributed by atoms with Gasteiger partial charge in [0, 0.05) is 9.75 Å². The molecule has 0 saturated heterocycles. The second-order valence-electron chi connectivity index (χ2n) is 3.61. The van der Waals surface area contributed by atoms with Crippen molar-refractivity contribution in [2.45, 2.75) is 19.9 Å². The monoisotopic (exact) mass is 271 g/mol. The van der Waals surface area contributed by atoms with Crippen LogP contribution in [0.4, 0.5) is 0 Å². The van der Waals surface area contributed by atoms with Gasteiger partial charge in [-0.1, -0.05) is 18.5 Å². The zero-order valence-corrected chi connectivity index (χ0v) is 11.7. The maximum absolute atomic E-state index is 6.20. The number of rotatable bonds is 4. The number of hydrogen-bond acceptors (Lipinski definition) is 3. The molecule has 1 unspecified atom stereocenters. The van der Waals surface area contributed by atoms with Gasteiger partial charge >= 0.3 is 0 Å². The molecule has 0 aliphatic rings. The largest absolute Gasteiger partial charge is 0.306 e. The second-order valence-corrected chi connectivity index (χ2v) is 6.08. The van der Waals surface area contributed by atoms with Crippen molar-refractivity contribution in [1.29, 1.82) is 0 Å². The number of halogens is 1. The molecule has 86 valence electrons. The normalized spacial score (nSPS) is 12.9. The second kappa shape index (κ2) is 5.32. The summed E-state index contributed by atoms with van der Waals surface area (Å²) < 4.78 is 0. The summed E-state index contributed by atoms with van der Waals surface area (Å²) in [5.74, 6) is 0. The van der Waals surface area contributed by atoms with Crippen molar-refractivity contribution in [1.82, 2.24) is 5.32 Å². The van der Waals surface area contributed by atoms with Gasteiger partial charge in [-0.05, 0) is 41.9 Å². The highest BCUT2D eigenvalue weighted by Crippen LogP contribution is 2.34. The highest BCUT2D eigenvalue weighted by Gasteiger charge is 2.18. The molecular weight excluding hydrogens is 258 g/mol. The molecule has 2 rings (SSSR count). The molecule has 1 nitrogen and oxygen atoms in total. The molecule has 0 aliphatic heterocycles. The summed E-state index contributed by atoms with van der Waals surface area (Å²) in [6.07, 6.45) is 0. The number of hydrogen-bond donors (Lipinski definition) is 1. The molecule has 2 heterocycles. The predicted octanol–water partition coefficient (Wildman–Crippen LogP) is 4.47. The van der Waals surface area contributed by atoms with E-state index < -0.39 is 0 Å².